The topological polar surface area (TPSA) is 52.6 Å². The normalized spacial score (nSPS) is 13.6. The minimum atomic E-state index is -6.13. The van der Waals surface area contributed by atoms with Gasteiger partial charge in [-0.15, -0.1) is 0 Å². The molecule has 2 aromatic heterocycles. The van der Waals surface area contributed by atoms with E-state index in [9.17, 15) is 115 Å². The SMILES string of the molecule is CC(C)(C)OC(=O)c1ccc([I+]c2ccc(C(=O)OC(C)(C)C)s2)s1.FC(F)(F)c1cc([B-](c2cc(C(F)(F)F)cc(C(F)(F)F)c2)(c2cc(C(F)(F)F)cc(C(F)(F)F)c2)c2cc(C(F)(F)F)cc(C(F)(F)F)c2)cc(C(F)(F)F)c1. The lowest BCUT2D eigenvalue weighted by molar-refractivity contribution is -0.585. The van der Waals surface area contributed by atoms with Crippen molar-refractivity contribution in [2.24, 2.45) is 0 Å². The van der Waals surface area contributed by atoms with E-state index in [4.69, 9.17) is 9.47 Å². The second-order valence-corrected chi connectivity index (χ2v) is 26.0. The van der Waals surface area contributed by atoms with E-state index in [0.29, 0.717) is 9.75 Å². The van der Waals surface area contributed by atoms with Gasteiger partial charge in [0.05, 0.1) is 44.5 Å². The summed E-state index contributed by atoms with van der Waals surface area (Å²) in [5.74, 6) is -0.568. The largest absolute Gasteiger partial charge is 0.456 e. The highest BCUT2D eigenvalue weighted by atomic mass is 127. The van der Waals surface area contributed by atoms with Crippen LogP contribution in [0.4, 0.5) is 105 Å². The van der Waals surface area contributed by atoms with Crippen molar-refractivity contribution >= 4 is 62.6 Å². The predicted molar refractivity (Wildman–Crippen MR) is 246 cm³/mol. The van der Waals surface area contributed by atoms with Gasteiger partial charge in [-0.1, -0.05) is 71.2 Å². The quantitative estimate of drug-likeness (QED) is 0.0660. The molecule has 0 saturated carbocycles. The summed E-state index contributed by atoms with van der Waals surface area (Å²) in [6, 6.07) is -1.23. The first kappa shape index (κ1) is 67.1. The molecule has 0 bridgehead atoms. The smallest absolute Gasteiger partial charge is 0.416 e. The number of benzene rings is 4. The molecule has 0 radical (unpaired) electrons. The van der Waals surface area contributed by atoms with Crippen LogP contribution in [0.1, 0.15) is 105 Å². The Labute approximate surface area is 465 Å². The van der Waals surface area contributed by atoms with Gasteiger partial charge in [0.2, 0.25) is 5.77 Å². The maximum absolute atomic E-state index is 14.2. The van der Waals surface area contributed by atoms with Crippen LogP contribution in [0.15, 0.2) is 97.1 Å². The lowest BCUT2D eigenvalue weighted by Crippen LogP contribution is -3.61. The van der Waals surface area contributed by atoms with E-state index in [1.54, 1.807) is 0 Å². The number of halogens is 25. The van der Waals surface area contributed by atoms with Gasteiger partial charge in [0.15, 0.2) is 0 Å². The molecule has 0 atom stereocenters. The Morgan fingerprint density at radius 2 is 0.512 bits per heavy atom. The fourth-order valence-corrected chi connectivity index (χ4v) is 13.8. The van der Waals surface area contributed by atoms with Crippen molar-refractivity contribution < 1.29 is 146 Å². The Hall–Kier alpha value is -5.67. The molecule has 4 aromatic carbocycles. The predicted octanol–water partition coefficient (Wildman–Crippen LogP) is 13.1. The summed E-state index contributed by atoms with van der Waals surface area (Å²) < 4.78 is 354. The van der Waals surface area contributed by atoms with Gasteiger partial charge in [0.25, 0.3) is 0 Å². The molecule has 448 valence electrons. The summed E-state index contributed by atoms with van der Waals surface area (Å²) in [5, 5.41) is 0. The van der Waals surface area contributed by atoms with Gasteiger partial charge < -0.3 is 9.47 Å². The molecular weight excluding hydrogens is 1320 g/mol. The highest BCUT2D eigenvalue weighted by Gasteiger charge is 2.47. The molecular formula is C50H34BF24IO4S2. The Morgan fingerprint density at radius 1 is 0.329 bits per heavy atom. The van der Waals surface area contributed by atoms with E-state index >= 15 is 0 Å². The van der Waals surface area contributed by atoms with E-state index in [0.717, 1.165) is 5.77 Å². The number of carbonyl (C=O) groups excluding carboxylic acids is 2. The molecule has 32 heteroatoms. The van der Waals surface area contributed by atoms with Crippen LogP contribution in [0.5, 0.6) is 0 Å². The molecule has 0 spiro atoms. The number of carbonyl (C=O) groups is 2. The third kappa shape index (κ3) is 16.8. The van der Waals surface area contributed by atoms with E-state index in [1.165, 1.54) is 22.7 Å². The molecule has 0 amide bonds. The summed E-state index contributed by atoms with van der Waals surface area (Å²) in [7, 11) is 0. The van der Waals surface area contributed by atoms with Crippen molar-refractivity contribution in [3.8, 4) is 0 Å². The van der Waals surface area contributed by atoms with E-state index < -0.39 is 227 Å². The lowest BCUT2D eigenvalue weighted by Gasteiger charge is -2.46. The van der Waals surface area contributed by atoms with Crippen LogP contribution in [-0.2, 0) is 58.9 Å². The van der Waals surface area contributed by atoms with E-state index in [-0.39, 0.29) is 11.9 Å². The van der Waals surface area contributed by atoms with Gasteiger partial charge in [0, 0.05) is 12.1 Å². The summed E-state index contributed by atoms with van der Waals surface area (Å²) in [4.78, 5) is 25.4. The number of hydrogen-bond acceptors (Lipinski definition) is 6. The molecule has 0 N–H and O–H groups in total. The molecule has 0 aliphatic rings. The van der Waals surface area contributed by atoms with Gasteiger partial charge >= 0.3 is 82.6 Å². The van der Waals surface area contributed by atoms with Gasteiger partial charge in [0.1, 0.15) is 27.1 Å². The summed E-state index contributed by atoms with van der Waals surface area (Å²) in [6.07, 6.45) is -54.8. The molecule has 0 fully saturated rings. The highest BCUT2D eigenvalue weighted by Crippen LogP contribution is 2.41. The number of thiophene rings is 2. The number of esters is 2. The second kappa shape index (κ2) is 22.7. The lowest BCUT2D eigenvalue weighted by atomic mass is 9.12. The van der Waals surface area contributed by atoms with Crippen molar-refractivity contribution in [3.05, 3.63) is 157 Å². The van der Waals surface area contributed by atoms with Crippen LogP contribution in [0.3, 0.4) is 0 Å². The maximum Gasteiger partial charge on any atom is 0.416 e. The average Bonchev–Trinajstić information content (AvgIpc) is 3.99. The first-order valence-electron chi connectivity index (χ1n) is 22.4. The van der Waals surface area contributed by atoms with E-state index in [1.807, 2.05) is 65.8 Å². The second-order valence-electron chi connectivity index (χ2n) is 19.5. The number of ether oxygens (including phenoxy) is 2. The van der Waals surface area contributed by atoms with E-state index in [2.05, 4.69) is 0 Å². The molecule has 6 aromatic rings. The minimum absolute atomic E-state index is 0.284. The Bertz CT molecular complexity index is 2810. The third-order valence-electron chi connectivity index (χ3n) is 11.0. The molecule has 0 aliphatic carbocycles. The van der Waals surface area contributed by atoms with Crippen molar-refractivity contribution in [1.29, 1.82) is 0 Å². The van der Waals surface area contributed by atoms with Crippen LogP contribution in [0.2, 0.25) is 0 Å². The fourth-order valence-electron chi connectivity index (χ4n) is 7.77. The zero-order valence-electron chi connectivity index (χ0n) is 41.7. The van der Waals surface area contributed by atoms with Crippen LogP contribution in [0, 0.1) is 5.77 Å². The third-order valence-corrected chi connectivity index (χ3v) is 16.8. The van der Waals surface area contributed by atoms with Crippen molar-refractivity contribution in [1.82, 2.24) is 0 Å². The maximum atomic E-state index is 14.2. The van der Waals surface area contributed by atoms with Gasteiger partial charge in [-0.2, -0.15) is 127 Å². The Morgan fingerprint density at radius 3 is 0.671 bits per heavy atom. The molecule has 2 heterocycles. The van der Waals surface area contributed by atoms with Crippen molar-refractivity contribution in [3.63, 3.8) is 0 Å². The molecule has 4 nitrogen and oxygen atoms in total. The summed E-state index contributed by atoms with van der Waals surface area (Å²) in [5.41, 5.74) is -31.2. The highest BCUT2D eigenvalue weighted by molar-refractivity contribution is 7.20. The number of alkyl halides is 24. The fraction of sp³-hybridized carbons (Fsp3) is 0.320. The van der Waals surface area contributed by atoms with Gasteiger partial charge in [-0.25, -0.2) is 9.59 Å². The zero-order chi connectivity index (χ0) is 62.7. The standard InChI is InChI=1S/C32H12BF24.C18H22IO4S2/c34-25(35,36)13-1-14(26(37,38)39)6-21(5-13)33(22-7-15(27(40,41)42)2-16(8-22)28(43,44)45,23-9-17(29(46,47)48)3-18(10-23)30(49,50)51)24-11-19(31(52,53)54)4-20(12-24)32(55,56)57;1-17(2,3)22-15(20)11-7-9-13(24-11)19-14-10-8-12(25-14)16(21)23-18(4,5)6/h1-12H;7-10H,1-6H3/q-1;+1. The molecule has 0 unspecified atom stereocenters. The first-order chi connectivity index (χ1) is 36.7. The first-order valence-corrected chi connectivity index (χ1v) is 26.1. The molecule has 0 aliphatic heterocycles. The van der Waals surface area contributed by atoms with Crippen LogP contribution < -0.4 is 43.1 Å². The van der Waals surface area contributed by atoms with Crippen molar-refractivity contribution in [2.45, 2.75) is 102 Å². The zero-order valence-corrected chi connectivity index (χ0v) is 45.5. The molecule has 0 saturated heterocycles. The van der Waals surface area contributed by atoms with Crippen LogP contribution in [0.25, 0.3) is 0 Å². The Kier molecular flexibility index (Phi) is 18.6. The molecule has 82 heavy (non-hydrogen) atoms. The summed E-state index contributed by atoms with van der Waals surface area (Å²) >= 11 is 2.51. The molecule has 6 rings (SSSR count). The monoisotopic (exact) mass is 1360 g/mol. The van der Waals surface area contributed by atoms with Gasteiger partial charge in [-0.3, -0.25) is 0 Å². The van der Waals surface area contributed by atoms with Crippen molar-refractivity contribution in [2.75, 3.05) is 0 Å². The van der Waals surface area contributed by atoms with Gasteiger partial charge in [-0.05, 0) is 77.9 Å². The minimum Gasteiger partial charge on any atom is -0.456 e. The average molecular weight is 1360 g/mol. The Balaban J connectivity index is 0.000000409. The van der Waals surface area contributed by atoms with Crippen LogP contribution in [-0.4, -0.2) is 29.3 Å². The van der Waals surface area contributed by atoms with Crippen LogP contribution >= 0.6 is 22.7 Å². The number of rotatable bonds is 8. The number of hydrogen-bond donors (Lipinski definition) is 0. The summed E-state index contributed by atoms with van der Waals surface area (Å²) in [6.45, 7) is 11.1.